The van der Waals surface area contributed by atoms with Crippen molar-refractivity contribution in [3.05, 3.63) is 0 Å². The van der Waals surface area contributed by atoms with Crippen LogP contribution in [0.15, 0.2) is 0 Å². The van der Waals surface area contributed by atoms with Crippen LogP contribution in [0.2, 0.25) is 0 Å². The van der Waals surface area contributed by atoms with Crippen molar-refractivity contribution in [2.75, 3.05) is 6.54 Å². The van der Waals surface area contributed by atoms with E-state index >= 15 is 0 Å². The number of rotatable bonds is 7. The fourth-order valence-electron chi connectivity index (χ4n) is 0.975. The molecule has 4 heteroatoms. The monoisotopic (exact) mass is 187 g/mol. The van der Waals surface area contributed by atoms with Crippen LogP contribution in [-0.4, -0.2) is 23.5 Å². The molecule has 0 aromatic heterocycles. The van der Waals surface area contributed by atoms with E-state index in [9.17, 15) is 9.59 Å². The summed E-state index contributed by atoms with van der Waals surface area (Å²) in [7, 11) is 0. The van der Waals surface area contributed by atoms with Gasteiger partial charge in [0.2, 0.25) is 5.91 Å². The van der Waals surface area contributed by atoms with E-state index in [1.165, 1.54) is 0 Å². The van der Waals surface area contributed by atoms with E-state index in [2.05, 4.69) is 12.2 Å². The van der Waals surface area contributed by atoms with Gasteiger partial charge in [0, 0.05) is 6.42 Å². The number of aliphatic carboxylic acids is 1. The van der Waals surface area contributed by atoms with Crippen molar-refractivity contribution < 1.29 is 14.7 Å². The van der Waals surface area contributed by atoms with Gasteiger partial charge in [0.15, 0.2) is 0 Å². The summed E-state index contributed by atoms with van der Waals surface area (Å²) in [5, 5.41) is 10.6. The number of unbranched alkanes of at least 4 members (excludes halogenated alkanes) is 3. The summed E-state index contributed by atoms with van der Waals surface area (Å²) in [6, 6.07) is 0. The molecule has 0 heterocycles. The van der Waals surface area contributed by atoms with E-state index in [-0.39, 0.29) is 12.5 Å². The molecule has 0 aromatic rings. The van der Waals surface area contributed by atoms with Gasteiger partial charge in [0.1, 0.15) is 6.54 Å². The van der Waals surface area contributed by atoms with Gasteiger partial charge in [-0.15, -0.1) is 0 Å². The Hall–Kier alpha value is -1.06. The summed E-state index contributed by atoms with van der Waals surface area (Å²) in [4.78, 5) is 21.0. The second kappa shape index (κ2) is 7.58. The van der Waals surface area contributed by atoms with Gasteiger partial charge in [0.25, 0.3) is 0 Å². The van der Waals surface area contributed by atoms with Crippen molar-refractivity contribution in [1.82, 2.24) is 5.32 Å². The summed E-state index contributed by atoms with van der Waals surface area (Å²) in [6.07, 6.45) is 4.59. The Morgan fingerprint density at radius 1 is 1.23 bits per heavy atom. The Morgan fingerprint density at radius 3 is 2.46 bits per heavy atom. The number of carbonyl (C=O) groups excluding carboxylic acids is 1. The van der Waals surface area contributed by atoms with Crippen LogP contribution in [0.1, 0.15) is 39.0 Å². The topological polar surface area (TPSA) is 66.4 Å². The van der Waals surface area contributed by atoms with Gasteiger partial charge in [-0.25, -0.2) is 0 Å². The van der Waals surface area contributed by atoms with E-state index < -0.39 is 5.97 Å². The molecule has 1 amide bonds. The number of hydrogen-bond acceptors (Lipinski definition) is 2. The molecule has 0 aliphatic carbocycles. The minimum Gasteiger partial charge on any atom is -0.480 e. The molecule has 76 valence electrons. The molecular formula is C9H17NO3. The Bertz CT molecular complexity index is 168. The van der Waals surface area contributed by atoms with Gasteiger partial charge in [-0.3, -0.25) is 9.59 Å². The lowest BCUT2D eigenvalue weighted by Crippen LogP contribution is -2.28. The van der Waals surface area contributed by atoms with E-state index in [0.29, 0.717) is 6.42 Å². The van der Waals surface area contributed by atoms with Crippen molar-refractivity contribution >= 4 is 11.9 Å². The van der Waals surface area contributed by atoms with Crippen LogP contribution < -0.4 is 5.32 Å². The molecule has 0 unspecified atom stereocenters. The fraction of sp³-hybridized carbons (Fsp3) is 0.778. The van der Waals surface area contributed by atoms with Crippen LogP contribution in [0, 0.1) is 0 Å². The highest BCUT2D eigenvalue weighted by Gasteiger charge is 2.02. The predicted molar refractivity (Wildman–Crippen MR) is 49.4 cm³/mol. The number of carboxylic acids is 1. The lowest BCUT2D eigenvalue weighted by Gasteiger charge is -2.01. The lowest BCUT2D eigenvalue weighted by molar-refractivity contribution is -0.137. The maximum absolute atomic E-state index is 10.9. The summed E-state index contributed by atoms with van der Waals surface area (Å²) in [5.74, 6) is -1.17. The first-order chi connectivity index (χ1) is 6.16. The first-order valence-corrected chi connectivity index (χ1v) is 4.65. The standard InChI is InChI=1S/C9H17NO3/c1-2-3-4-5-6-8(11)10-7-9(12)13/h2-7H2,1H3,(H,10,11)(H,12,13). The Balaban J connectivity index is 3.25. The average Bonchev–Trinajstić information content (AvgIpc) is 2.09. The van der Waals surface area contributed by atoms with Crippen molar-refractivity contribution in [2.24, 2.45) is 0 Å². The minimum atomic E-state index is -0.998. The van der Waals surface area contributed by atoms with E-state index in [1.807, 2.05) is 0 Å². The summed E-state index contributed by atoms with van der Waals surface area (Å²) >= 11 is 0. The molecule has 0 aliphatic heterocycles. The van der Waals surface area contributed by atoms with Crippen molar-refractivity contribution in [1.29, 1.82) is 0 Å². The highest BCUT2D eigenvalue weighted by molar-refractivity contribution is 5.80. The molecule has 0 bridgehead atoms. The third-order valence-electron chi connectivity index (χ3n) is 1.69. The number of amides is 1. The van der Waals surface area contributed by atoms with Crippen LogP contribution in [0.4, 0.5) is 0 Å². The smallest absolute Gasteiger partial charge is 0.322 e. The molecule has 0 aromatic carbocycles. The Kier molecular flexibility index (Phi) is 6.96. The number of carbonyl (C=O) groups is 2. The largest absolute Gasteiger partial charge is 0.480 e. The first kappa shape index (κ1) is 11.9. The second-order valence-electron chi connectivity index (χ2n) is 2.98. The second-order valence-corrected chi connectivity index (χ2v) is 2.98. The normalized spacial score (nSPS) is 9.62. The molecule has 0 fully saturated rings. The molecule has 2 N–H and O–H groups in total. The minimum absolute atomic E-state index is 0.168. The SMILES string of the molecule is CCCCCCC(=O)NCC(=O)O. The van der Waals surface area contributed by atoms with E-state index in [1.54, 1.807) is 0 Å². The predicted octanol–water partition coefficient (Wildman–Crippen LogP) is 1.16. The highest BCUT2D eigenvalue weighted by atomic mass is 16.4. The zero-order valence-electron chi connectivity index (χ0n) is 8.01. The molecule has 0 atom stereocenters. The van der Waals surface area contributed by atoms with Gasteiger partial charge < -0.3 is 10.4 Å². The molecule has 0 spiro atoms. The summed E-state index contributed by atoms with van der Waals surface area (Å²) in [6.45, 7) is 1.83. The fourth-order valence-corrected chi connectivity index (χ4v) is 0.975. The van der Waals surface area contributed by atoms with Crippen LogP contribution in [0.25, 0.3) is 0 Å². The van der Waals surface area contributed by atoms with Gasteiger partial charge >= 0.3 is 5.97 Å². The average molecular weight is 187 g/mol. The molecule has 0 rings (SSSR count). The molecule has 4 nitrogen and oxygen atoms in total. The number of hydrogen-bond donors (Lipinski definition) is 2. The van der Waals surface area contributed by atoms with Crippen LogP contribution in [0.5, 0.6) is 0 Å². The van der Waals surface area contributed by atoms with Gasteiger partial charge in [-0.05, 0) is 6.42 Å². The van der Waals surface area contributed by atoms with Crippen LogP contribution in [-0.2, 0) is 9.59 Å². The summed E-state index contributed by atoms with van der Waals surface area (Å²) in [5.41, 5.74) is 0. The van der Waals surface area contributed by atoms with Crippen LogP contribution in [0.3, 0.4) is 0 Å². The Labute approximate surface area is 78.3 Å². The van der Waals surface area contributed by atoms with E-state index in [4.69, 9.17) is 5.11 Å². The van der Waals surface area contributed by atoms with Gasteiger partial charge in [0.05, 0.1) is 0 Å². The Morgan fingerprint density at radius 2 is 1.92 bits per heavy atom. The van der Waals surface area contributed by atoms with Crippen LogP contribution >= 0.6 is 0 Å². The van der Waals surface area contributed by atoms with Crippen molar-refractivity contribution in [3.8, 4) is 0 Å². The molecule has 0 radical (unpaired) electrons. The number of nitrogens with one attached hydrogen (secondary N) is 1. The van der Waals surface area contributed by atoms with Gasteiger partial charge in [-0.1, -0.05) is 26.2 Å². The number of carboxylic acid groups (broad SMARTS) is 1. The third-order valence-corrected chi connectivity index (χ3v) is 1.69. The zero-order valence-corrected chi connectivity index (χ0v) is 8.01. The molecular weight excluding hydrogens is 170 g/mol. The molecule has 0 saturated carbocycles. The summed E-state index contributed by atoms with van der Waals surface area (Å²) < 4.78 is 0. The maximum atomic E-state index is 10.9. The molecule has 0 aliphatic rings. The third kappa shape index (κ3) is 8.85. The lowest BCUT2D eigenvalue weighted by atomic mass is 10.1. The maximum Gasteiger partial charge on any atom is 0.322 e. The first-order valence-electron chi connectivity index (χ1n) is 4.65. The zero-order chi connectivity index (χ0) is 10.1. The molecule has 13 heavy (non-hydrogen) atoms. The highest BCUT2D eigenvalue weighted by Crippen LogP contribution is 2.01. The van der Waals surface area contributed by atoms with Gasteiger partial charge in [-0.2, -0.15) is 0 Å². The van der Waals surface area contributed by atoms with E-state index in [0.717, 1.165) is 25.7 Å². The quantitative estimate of drug-likeness (QED) is 0.588. The molecule has 0 saturated heterocycles. The van der Waals surface area contributed by atoms with Crippen molar-refractivity contribution in [2.45, 2.75) is 39.0 Å². The van der Waals surface area contributed by atoms with Crippen molar-refractivity contribution in [3.63, 3.8) is 0 Å².